The lowest BCUT2D eigenvalue weighted by molar-refractivity contribution is -0.137. The Labute approximate surface area is 67.9 Å². The molecule has 11 heavy (non-hydrogen) atoms. The molecular formula is C9H16O2. The van der Waals surface area contributed by atoms with Crippen molar-refractivity contribution in [2.45, 2.75) is 39.0 Å². The van der Waals surface area contributed by atoms with E-state index in [4.69, 9.17) is 5.11 Å². The molecule has 2 nitrogen and oxygen atoms in total. The van der Waals surface area contributed by atoms with Crippen molar-refractivity contribution in [3.05, 3.63) is 12.2 Å². The Kier molecular flexibility index (Phi) is 6.79. The van der Waals surface area contributed by atoms with Gasteiger partial charge in [0.05, 0.1) is 0 Å². The number of aliphatic carboxylic acids is 1. The molecule has 0 aromatic carbocycles. The molecule has 0 spiro atoms. The third-order valence-corrected chi connectivity index (χ3v) is 1.38. The molecule has 0 aliphatic heterocycles. The highest BCUT2D eigenvalue weighted by Crippen LogP contribution is 1.98. The second kappa shape index (κ2) is 7.32. The third-order valence-electron chi connectivity index (χ3n) is 1.38. The Morgan fingerprint density at radius 1 is 1.36 bits per heavy atom. The van der Waals surface area contributed by atoms with Gasteiger partial charge in [0.2, 0.25) is 0 Å². The average Bonchev–Trinajstić information content (AvgIpc) is 1.96. The monoisotopic (exact) mass is 156 g/mol. The van der Waals surface area contributed by atoms with Crippen LogP contribution in [0.3, 0.4) is 0 Å². The van der Waals surface area contributed by atoms with Crippen LogP contribution in [0.25, 0.3) is 0 Å². The highest BCUT2D eigenvalue weighted by molar-refractivity contribution is 5.66. The minimum absolute atomic E-state index is 0.288. The normalized spacial score (nSPS) is 10.6. The van der Waals surface area contributed by atoms with Crippen molar-refractivity contribution in [1.82, 2.24) is 0 Å². The van der Waals surface area contributed by atoms with E-state index in [-0.39, 0.29) is 6.42 Å². The number of carbonyl (C=O) groups is 1. The summed E-state index contributed by atoms with van der Waals surface area (Å²) in [5, 5.41) is 8.29. The summed E-state index contributed by atoms with van der Waals surface area (Å²) in [5.74, 6) is -0.700. The van der Waals surface area contributed by atoms with Crippen LogP contribution < -0.4 is 0 Å². The Hall–Kier alpha value is -0.790. The summed E-state index contributed by atoms with van der Waals surface area (Å²) < 4.78 is 0. The Morgan fingerprint density at radius 3 is 2.55 bits per heavy atom. The lowest BCUT2D eigenvalue weighted by Gasteiger charge is -1.89. The molecule has 0 atom stereocenters. The van der Waals surface area contributed by atoms with Gasteiger partial charge in [0.15, 0.2) is 0 Å². The fourth-order valence-electron chi connectivity index (χ4n) is 0.774. The summed E-state index contributed by atoms with van der Waals surface area (Å²) in [6.45, 7) is 2.13. The zero-order valence-corrected chi connectivity index (χ0v) is 7.05. The van der Waals surface area contributed by atoms with E-state index < -0.39 is 5.97 Å². The molecule has 0 saturated heterocycles. The van der Waals surface area contributed by atoms with Gasteiger partial charge < -0.3 is 5.11 Å². The largest absolute Gasteiger partial charge is 0.481 e. The summed E-state index contributed by atoms with van der Waals surface area (Å²) in [4.78, 5) is 10.1. The molecule has 0 radical (unpaired) electrons. The molecule has 0 amide bonds. The van der Waals surface area contributed by atoms with Crippen LogP contribution >= 0.6 is 0 Å². The van der Waals surface area contributed by atoms with Crippen molar-refractivity contribution in [1.29, 1.82) is 0 Å². The Bertz CT molecular complexity index is 128. The van der Waals surface area contributed by atoms with Gasteiger partial charge in [0, 0.05) is 6.42 Å². The predicted molar refractivity (Wildman–Crippen MR) is 45.5 cm³/mol. The molecule has 2 heteroatoms. The van der Waals surface area contributed by atoms with Crippen molar-refractivity contribution >= 4 is 5.97 Å². The van der Waals surface area contributed by atoms with Gasteiger partial charge in [-0.25, -0.2) is 0 Å². The van der Waals surface area contributed by atoms with Gasteiger partial charge in [-0.15, -0.1) is 0 Å². The molecule has 0 aliphatic carbocycles. The molecule has 0 saturated carbocycles. The first-order valence-corrected chi connectivity index (χ1v) is 4.14. The summed E-state index contributed by atoms with van der Waals surface area (Å²) in [7, 11) is 0. The number of hydrogen-bond donors (Lipinski definition) is 1. The van der Waals surface area contributed by atoms with Crippen LogP contribution in [0, 0.1) is 0 Å². The van der Waals surface area contributed by atoms with Gasteiger partial charge >= 0.3 is 5.97 Å². The lowest BCUT2D eigenvalue weighted by atomic mass is 10.2. The van der Waals surface area contributed by atoms with Gasteiger partial charge in [-0.2, -0.15) is 0 Å². The van der Waals surface area contributed by atoms with Gasteiger partial charge in [-0.3, -0.25) is 4.79 Å². The van der Waals surface area contributed by atoms with Crippen molar-refractivity contribution in [2.75, 3.05) is 0 Å². The smallest absolute Gasteiger partial charge is 0.303 e. The minimum Gasteiger partial charge on any atom is -0.481 e. The van der Waals surface area contributed by atoms with Crippen LogP contribution in [0.2, 0.25) is 0 Å². The number of hydrogen-bond acceptors (Lipinski definition) is 1. The SMILES string of the molecule is CCC/C=C/CCCC(=O)O. The summed E-state index contributed by atoms with van der Waals surface area (Å²) in [5.41, 5.74) is 0. The first-order valence-electron chi connectivity index (χ1n) is 4.14. The van der Waals surface area contributed by atoms with E-state index in [1.807, 2.05) is 0 Å². The van der Waals surface area contributed by atoms with Gasteiger partial charge in [-0.05, 0) is 19.3 Å². The van der Waals surface area contributed by atoms with Crippen LogP contribution in [-0.2, 0) is 4.79 Å². The van der Waals surface area contributed by atoms with Crippen LogP contribution in [0.15, 0.2) is 12.2 Å². The quantitative estimate of drug-likeness (QED) is 0.474. The topological polar surface area (TPSA) is 37.3 Å². The van der Waals surface area contributed by atoms with E-state index in [9.17, 15) is 4.79 Å². The molecular weight excluding hydrogens is 140 g/mol. The third kappa shape index (κ3) is 9.21. The van der Waals surface area contributed by atoms with E-state index in [2.05, 4.69) is 19.1 Å². The van der Waals surface area contributed by atoms with Crippen LogP contribution in [0.1, 0.15) is 39.0 Å². The second-order valence-corrected chi connectivity index (χ2v) is 2.55. The van der Waals surface area contributed by atoms with E-state index >= 15 is 0 Å². The van der Waals surface area contributed by atoms with Crippen molar-refractivity contribution in [2.24, 2.45) is 0 Å². The lowest BCUT2D eigenvalue weighted by Crippen LogP contribution is -1.92. The maximum Gasteiger partial charge on any atom is 0.303 e. The molecule has 0 bridgehead atoms. The summed E-state index contributed by atoms with van der Waals surface area (Å²) in [6.07, 6.45) is 8.38. The van der Waals surface area contributed by atoms with Gasteiger partial charge in [-0.1, -0.05) is 25.5 Å². The van der Waals surface area contributed by atoms with E-state index in [0.29, 0.717) is 0 Å². The molecule has 0 aromatic rings. The maximum atomic E-state index is 10.1. The summed E-state index contributed by atoms with van der Waals surface area (Å²) in [6, 6.07) is 0. The molecule has 0 heterocycles. The fourth-order valence-corrected chi connectivity index (χ4v) is 0.774. The number of unbranched alkanes of at least 4 members (excludes halogenated alkanes) is 2. The second-order valence-electron chi connectivity index (χ2n) is 2.55. The fraction of sp³-hybridized carbons (Fsp3) is 0.667. The van der Waals surface area contributed by atoms with E-state index in [0.717, 1.165) is 25.7 Å². The standard InChI is InChI=1S/C9H16O2/c1-2-3-4-5-6-7-8-9(10)11/h4-5H,2-3,6-8H2,1H3,(H,10,11)/b5-4+. The van der Waals surface area contributed by atoms with Gasteiger partial charge in [0.25, 0.3) is 0 Å². The molecule has 1 N–H and O–H groups in total. The molecule has 0 aliphatic rings. The maximum absolute atomic E-state index is 10.1. The zero-order chi connectivity index (χ0) is 8.53. The first-order chi connectivity index (χ1) is 5.27. The number of carboxylic acid groups (broad SMARTS) is 1. The number of carboxylic acids is 1. The van der Waals surface area contributed by atoms with Crippen molar-refractivity contribution < 1.29 is 9.90 Å². The summed E-state index contributed by atoms with van der Waals surface area (Å²) >= 11 is 0. The van der Waals surface area contributed by atoms with E-state index in [1.54, 1.807) is 0 Å². The van der Waals surface area contributed by atoms with Crippen LogP contribution in [0.5, 0.6) is 0 Å². The van der Waals surface area contributed by atoms with Crippen LogP contribution in [0.4, 0.5) is 0 Å². The highest BCUT2D eigenvalue weighted by atomic mass is 16.4. The highest BCUT2D eigenvalue weighted by Gasteiger charge is 1.92. The number of rotatable bonds is 6. The zero-order valence-electron chi connectivity index (χ0n) is 7.05. The molecule has 64 valence electrons. The number of allylic oxidation sites excluding steroid dienone is 2. The van der Waals surface area contributed by atoms with Crippen molar-refractivity contribution in [3.8, 4) is 0 Å². The van der Waals surface area contributed by atoms with Crippen molar-refractivity contribution in [3.63, 3.8) is 0 Å². The van der Waals surface area contributed by atoms with Crippen LogP contribution in [-0.4, -0.2) is 11.1 Å². The predicted octanol–water partition coefficient (Wildman–Crippen LogP) is 2.60. The first kappa shape index (κ1) is 10.2. The Morgan fingerprint density at radius 2 is 2.00 bits per heavy atom. The minimum atomic E-state index is -0.700. The molecule has 0 unspecified atom stereocenters. The molecule has 0 rings (SSSR count). The van der Waals surface area contributed by atoms with Gasteiger partial charge in [0.1, 0.15) is 0 Å². The Balaban J connectivity index is 3.07. The molecule has 0 aromatic heterocycles. The average molecular weight is 156 g/mol. The molecule has 0 fully saturated rings. The van der Waals surface area contributed by atoms with E-state index in [1.165, 1.54) is 0 Å².